The van der Waals surface area contributed by atoms with Crippen LogP contribution >= 0.6 is 0 Å². The van der Waals surface area contributed by atoms with E-state index in [0.717, 1.165) is 27.9 Å². The predicted molar refractivity (Wildman–Crippen MR) is 148 cm³/mol. The van der Waals surface area contributed by atoms with Gasteiger partial charge in [0.2, 0.25) is 5.96 Å². The fourth-order valence-electron chi connectivity index (χ4n) is 3.83. The number of anilines is 1. The van der Waals surface area contributed by atoms with Gasteiger partial charge in [0.05, 0.1) is 33.0 Å². The average Bonchev–Trinajstić information content (AvgIpc) is 3.38. The van der Waals surface area contributed by atoms with Crippen molar-refractivity contribution in [2.45, 2.75) is 6.54 Å². The van der Waals surface area contributed by atoms with E-state index in [0.29, 0.717) is 29.6 Å². The summed E-state index contributed by atoms with van der Waals surface area (Å²) in [5, 5.41) is 7.16. The summed E-state index contributed by atoms with van der Waals surface area (Å²) in [5.41, 5.74) is 3.84. The second-order valence-electron chi connectivity index (χ2n) is 8.40. The summed E-state index contributed by atoms with van der Waals surface area (Å²) in [6.45, 7) is 4.76. The van der Waals surface area contributed by atoms with Crippen molar-refractivity contribution in [3.05, 3.63) is 102 Å². The number of aliphatic imine (C=N–C) groups is 1. The molecule has 1 amide bonds. The number of aromatic amines is 1. The molecular weight excluding hydrogens is 466 g/mol. The molecule has 0 saturated carbocycles. The molecule has 0 aliphatic heterocycles. The molecule has 0 bridgehead atoms. The zero-order valence-electron chi connectivity index (χ0n) is 21.2. The van der Waals surface area contributed by atoms with E-state index in [4.69, 9.17) is 14.5 Å². The topological polar surface area (TPSA) is 91.0 Å². The number of hydrogen-bond donors (Lipinski definition) is 3. The quantitative estimate of drug-likeness (QED) is 0.230. The van der Waals surface area contributed by atoms with Gasteiger partial charge in [0.1, 0.15) is 17.2 Å². The largest absolute Gasteiger partial charge is 0.497 e. The number of guanidine groups is 1. The number of nitrogens with zero attached hydrogens (tertiary/aromatic N) is 2. The van der Waals surface area contributed by atoms with Crippen molar-refractivity contribution in [3.63, 3.8) is 0 Å². The number of hydrogen-bond acceptors (Lipinski definition) is 4. The number of fused-ring (bicyclic) bond motifs is 1. The van der Waals surface area contributed by atoms with Gasteiger partial charge < -0.3 is 30.0 Å². The molecule has 190 valence electrons. The van der Waals surface area contributed by atoms with Crippen LogP contribution in [-0.4, -0.2) is 44.7 Å². The van der Waals surface area contributed by atoms with Crippen molar-refractivity contribution in [2.24, 2.45) is 4.99 Å². The number of H-pyrrole nitrogens is 1. The summed E-state index contributed by atoms with van der Waals surface area (Å²) in [6.07, 6.45) is 0. The van der Waals surface area contributed by atoms with E-state index >= 15 is 0 Å². The number of rotatable bonds is 9. The third-order valence-corrected chi connectivity index (χ3v) is 5.86. The number of carbonyl (C=O) groups is 1. The lowest BCUT2D eigenvalue weighted by molar-refractivity contribution is 0.0952. The van der Waals surface area contributed by atoms with Crippen LogP contribution in [0.25, 0.3) is 10.9 Å². The van der Waals surface area contributed by atoms with Gasteiger partial charge in [0.15, 0.2) is 0 Å². The number of amides is 1. The molecule has 4 aromatic rings. The number of carbonyl (C=O) groups excluding carboxylic acids is 1. The summed E-state index contributed by atoms with van der Waals surface area (Å²) in [4.78, 5) is 22.6. The molecule has 3 N–H and O–H groups in total. The van der Waals surface area contributed by atoms with Gasteiger partial charge in [-0.05, 0) is 42.0 Å². The zero-order valence-corrected chi connectivity index (χ0v) is 21.2. The molecule has 0 aliphatic carbocycles. The lowest BCUT2D eigenvalue weighted by Crippen LogP contribution is -2.41. The normalized spacial score (nSPS) is 11.2. The molecule has 0 saturated heterocycles. The molecule has 4 rings (SSSR count). The van der Waals surface area contributed by atoms with Gasteiger partial charge in [-0.25, -0.2) is 4.99 Å². The number of nitrogens with one attached hydrogen (secondary N) is 3. The Morgan fingerprint density at radius 3 is 2.46 bits per heavy atom. The molecule has 0 unspecified atom stereocenters. The van der Waals surface area contributed by atoms with Crippen LogP contribution in [-0.2, 0) is 6.54 Å². The van der Waals surface area contributed by atoms with Crippen molar-refractivity contribution in [1.29, 1.82) is 0 Å². The van der Waals surface area contributed by atoms with E-state index in [1.54, 1.807) is 14.2 Å². The Labute approximate surface area is 216 Å². The van der Waals surface area contributed by atoms with E-state index in [9.17, 15) is 4.79 Å². The van der Waals surface area contributed by atoms with Gasteiger partial charge in [0, 0.05) is 23.6 Å². The molecule has 0 spiro atoms. The van der Waals surface area contributed by atoms with Gasteiger partial charge in [0.25, 0.3) is 5.91 Å². The predicted octanol–water partition coefficient (Wildman–Crippen LogP) is 4.71. The van der Waals surface area contributed by atoms with Crippen LogP contribution < -0.4 is 25.0 Å². The number of benzene rings is 3. The van der Waals surface area contributed by atoms with Crippen LogP contribution in [0.4, 0.5) is 5.69 Å². The molecular formula is C29H31N5O3. The molecule has 0 aliphatic rings. The Hall–Kier alpha value is -4.72. The van der Waals surface area contributed by atoms with Crippen molar-refractivity contribution < 1.29 is 14.3 Å². The first-order valence-corrected chi connectivity index (χ1v) is 11.8. The highest BCUT2D eigenvalue weighted by atomic mass is 16.5. The lowest BCUT2D eigenvalue weighted by atomic mass is 10.2. The van der Waals surface area contributed by atoms with E-state index in [1.165, 1.54) is 0 Å². The Morgan fingerprint density at radius 2 is 1.73 bits per heavy atom. The summed E-state index contributed by atoms with van der Waals surface area (Å²) in [5.74, 6) is 1.84. The highest BCUT2D eigenvalue weighted by Crippen LogP contribution is 2.27. The molecule has 0 radical (unpaired) electrons. The standard InChI is InChI=1S/C29H31N5O3/c1-20(18-30-28(35)25-17-22-9-5-6-10-24(22)33-25)32-29(31-19-21-13-15-23(36-3)16-14-21)34(2)26-11-7-8-12-27(26)37-4/h5-17,33H,1,18-19H2,2-4H3,(H,30,35)(H,31,32). The van der Waals surface area contributed by atoms with Crippen LogP contribution in [0.2, 0.25) is 0 Å². The van der Waals surface area contributed by atoms with Crippen molar-refractivity contribution in [3.8, 4) is 11.5 Å². The monoisotopic (exact) mass is 497 g/mol. The van der Waals surface area contributed by atoms with Crippen molar-refractivity contribution in [1.82, 2.24) is 15.6 Å². The van der Waals surface area contributed by atoms with Crippen molar-refractivity contribution >= 4 is 28.5 Å². The first-order chi connectivity index (χ1) is 18.0. The average molecular weight is 498 g/mol. The van der Waals surface area contributed by atoms with E-state index in [2.05, 4.69) is 22.2 Å². The number of aromatic nitrogens is 1. The van der Waals surface area contributed by atoms with Gasteiger partial charge in [-0.2, -0.15) is 0 Å². The second-order valence-corrected chi connectivity index (χ2v) is 8.40. The van der Waals surface area contributed by atoms with Gasteiger partial charge in [-0.1, -0.05) is 49.0 Å². The third kappa shape index (κ3) is 6.29. The highest BCUT2D eigenvalue weighted by Gasteiger charge is 2.15. The fraction of sp³-hybridized carbons (Fsp3) is 0.172. The lowest BCUT2D eigenvalue weighted by Gasteiger charge is -2.25. The minimum atomic E-state index is -0.214. The minimum absolute atomic E-state index is 0.214. The summed E-state index contributed by atoms with van der Waals surface area (Å²) < 4.78 is 10.8. The van der Waals surface area contributed by atoms with E-state index in [1.807, 2.05) is 90.8 Å². The van der Waals surface area contributed by atoms with Crippen LogP contribution in [0.5, 0.6) is 11.5 Å². The fourth-order valence-corrected chi connectivity index (χ4v) is 3.83. The molecule has 0 atom stereocenters. The van der Waals surface area contributed by atoms with Gasteiger partial charge >= 0.3 is 0 Å². The maximum absolute atomic E-state index is 12.7. The van der Waals surface area contributed by atoms with Crippen LogP contribution in [0, 0.1) is 0 Å². The maximum Gasteiger partial charge on any atom is 0.268 e. The Balaban J connectivity index is 1.48. The number of methoxy groups -OCH3 is 2. The Bertz CT molecular complexity index is 1380. The van der Waals surface area contributed by atoms with Gasteiger partial charge in [-0.15, -0.1) is 0 Å². The SMILES string of the molecule is C=C(CNC(=O)c1cc2ccccc2[nH]1)NC(=NCc1ccc(OC)cc1)N(C)c1ccccc1OC. The number of para-hydroxylation sites is 3. The minimum Gasteiger partial charge on any atom is -0.497 e. The van der Waals surface area contributed by atoms with Crippen molar-refractivity contribution in [2.75, 3.05) is 32.7 Å². The van der Waals surface area contributed by atoms with Crippen LogP contribution in [0.1, 0.15) is 16.1 Å². The molecule has 37 heavy (non-hydrogen) atoms. The molecule has 0 fully saturated rings. The van der Waals surface area contributed by atoms with E-state index in [-0.39, 0.29) is 12.5 Å². The molecule has 1 heterocycles. The highest BCUT2D eigenvalue weighted by molar-refractivity contribution is 5.99. The summed E-state index contributed by atoms with van der Waals surface area (Å²) >= 11 is 0. The van der Waals surface area contributed by atoms with Crippen LogP contribution in [0.3, 0.4) is 0 Å². The maximum atomic E-state index is 12.7. The molecule has 1 aromatic heterocycles. The molecule has 3 aromatic carbocycles. The third-order valence-electron chi connectivity index (χ3n) is 5.86. The Morgan fingerprint density at radius 1 is 1.00 bits per heavy atom. The van der Waals surface area contributed by atoms with Gasteiger partial charge in [-0.3, -0.25) is 4.79 Å². The summed E-state index contributed by atoms with van der Waals surface area (Å²) in [6, 6.07) is 25.0. The zero-order chi connectivity index (χ0) is 26.2. The van der Waals surface area contributed by atoms with E-state index < -0.39 is 0 Å². The Kier molecular flexibility index (Phi) is 8.10. The number of ether oxygens (including phenoxy) is 2. The first kappa shape index (κ1) is 25.4. The molecule has 8 nitrogen and oxygen atoms in total. The van der Waals surface area contributed by atoms with Crippen LogP contribution in [0.15, 0.2) is 96.1 Å². The second kappa shape index (κ2) is 11.8. The smallest absolute Gasteiger partial charge is 0.268 e. The first-order valence-electron chi connectivity index (χ1n) is 11.8. The molecule has 8 heteroatoms. The summed E-state index contributed by atoms with van der Waals surface area (Å²) in [7, 11) is 5.17.